The summed E-state index contributed by atoms with van der Waals surface area (Å²) in [5.74, 6) is 0. The van der Waals surface area contributed by atoms with E-state index in [9.17, 15) is 4.79 Å². The first-order valence-corrected chi connectivity index (χ1v) is 5.86. The predicted molar refractivity (Wildman–Crippen MR) is 71.1 cm³/mol. The Labute approximate surface area is 107 Å². The van der Waals surface area contributed by atoms with E-state index in [2.05, 4.69) is 15.2 Å². The fourth-order valence-electron chi connectivity index (χ4n) is 1.87. The van der Waals surface area contributed by atoms with Crippen molar-refractivity contribution >= 4 is 23.3 Å². The fraction of sp³-hybridized carbons (Fsp3) is 0.0833. The summed E-state index contributed by atoms with van der Waals surface area (Å²) in [6, 6.07) is 9.72. The van der Waals surface area contributed by atoms with Crippen molar-refractivity contribution in [3.8, 4) is 0 Å². The zero-order valence-corrected chi connectivity index (χ0v) is 10.2. The second kappa shape index (κ2) is 4.23. The summed E-state index contributed by atoms with van der Waals surface area (Å²) < 4.78 is 1.92. The van der Waals surface area contributed by atoms with Crippen LogP contribution < -0.4 is 5.56 Å². The maximum Gasteiger partial charge on any atom is 0.265 e. The molecule has 0 saturated carbocycles. The van der Waals surface area contributed by atoms with Crippen molar-refractivity contribution < 1.29 is 0 Å². The molecule has 2 heterocycles. The molecule has 5 nitrogen and oxygen atoms in total. The number of H-pyrrole nitrogens is 2. The zero-order valence-electron chi connectivity index (χ0n) is 9.38. The average Bonchev–Trinajstić information content (AvgIpc) is 2.84. The summed E-state index contributed by atoms with van der Waals surface area (Å²) in [6.07, 6.45) is 1.50. The second-order valence-corrected chi connectivity index (χ2v) is 4.35. The van der Waals surface area contributed by atoms with Crippen molar-refractivity contribution in [3.05, 3.63) is 57.2 Å². The largest absolute Gasteiger partial charge is 0.317 e. The Morgan fingerprint density at radius 2 is 2.06 bits per heavy atom. The Bertz CT molecular complexity index is 800. The van der Waals surface area contributed by atoms with Gasteiger partial charge in [-0.1, -0.05) is 30.3 Å². The number of nitrogens with one attached hydrogen (secondary N) is 2. The van der Waals surface area contributed by atoms with Crippen LogP contribution in [0.4, 0.5) is 0 Å². The Morgan fingerprint density at radius 1 is 1.28 bits per heavy atom. The highest BCUT2D eigenvalue weighted by Crippen LogP contribution is 2.05. The monoisotopic (exact) mass is 258 g/mol. The Balaban J connectivity index is 2.18. The highest BCUT2D eigenvalue weighted by atomic mass is 32.1. The molecule has 0 aliphatic heterocycles. The van der Waals surface area contributed by atoms with E-state index in [1.54, 1.807) is 0 Å². The van der Waals surface area contributed by atoms with E-state index in [0.29, 0.717) is 22.3 Å². The van der Waals surface area contributed by atoms with Crippen LogP contribution >= 0.6 is 12.2 Å². The minimum atomic E-state index is -0.133. The Morgan fingerprint density at radius 3 is 2.83 bits per heavy atom. The van der Waals surface area contributed by atoms with Crippen molar-refractivity contribution in [1.29, 1.82) is 0 Å². The van der Waals surface area contributed by atoms with Gasteiger partial charge in [-0.15, -0.1) is 0 Å². The molecule has 0 radical (unpaired) electrons. The van der Waals surface area contributed by atoms with Gasteiger partial charge in [-0.2, -0.15) is 5.10 Å². The lowest BCUT2D eigenvalue weighted by atomic mass is 10.2. The Hall–Kier alpha value is -2.21. The van der Waals surface area contributed by atoms with Crippen molar-refractivity contribution in [2.75, 3.05) is 0 Å². The van der Waals surface area contributed by atoms with E-state index in [1.807, 2.05) is 30.3 Å². The molecule has 2 aromatic heterocycles. The summed E-state index contributed by atoms with van der Waals surface area (Å²) in [4.78, 5) is 15.2. The number of aromatic nitrogens is 4. The van der Waals surface area contributed by atoms with Gasteiger partial charge in [0.25, 0.3) is 5.56 Å². The molecule has 0 spiro atoms. The first kappa shape index (κ1) is 10.9. The molecule has 90 valence electrons. The smallest absolute Gasteiger partial charge is 0.265 e. The van der Waals surface area contributed by atoms with Crippen LogP contribution in [0, 0.1) is 4.77 Å². The number of benzene rings is 1. The topological polar surface area (TPSA) is 66.5 Å². The van der Waals surface area contributed by atoms with Crippen LogP contribution in [0.5, 0.6) is 0 Å². The minimum Gasteiger partial charge on any atom is -0.317 e. The highest BCUT2D eigenvalue weighted by molar-refractivity contribution is 7.71. The number of hydrogen-bond acceptors (Lipinski definition) is 3. The molecule has 0 aliphatic rings. The summed E-state index contributed by atoms with van der Waals surface area (Å²) in [5.41, 5.74) is 1.46. The number of nitrogens with zero attached hydrogens (tertiary/aromatic N) is 2. The maximum absolute atomic E-state index is 12.2. The third-order valence-electron chi connectivity index (χ3n) is 2.78. The van der Waals surface area contributed by atoms with Crippen molar-refractivity contribution in [2.45, 2.75) is 6.54 Å². The third kappa shape index (κ3) is 1.76. The molecule has 0 atom stereocenters. The van der Waals surface area contributed by atoms with Crippen molar-refractivity contribution in [1.82, 2.24) is 19.7 Å². The predicted octanol–water partition coefficient (Wildman–Crippen LogP) is 1.83. The lowest BCUT2D eigenvalue weighted by molar-refractivity contribution is 0.733. The van der Waals surface area contributed by atoms with Gasteiger partial charge in [0.2, 0.25) is 0 Å². The van der Waals surface area contributed by atoms with E-state index in [4.69, 9.17) is 12.2 Å². The van der Waals surface area contributed by atoms with Crippen molar-refractivity contribution in [2.24, 2.45) is 0 Å². The fourth-order valence-corrected chi connectivity index (χ4v) is 2.11. The van der Waals surface area contributed by atoms with Crippen LogP contribution in [0.2, 0.25) is 0 Å². The summed E-state index contributed by atoms with van der Waals surface area (Å²) in [6.45, 7) is 0.454. The molecular weight excluding hydrogens is 248 g/mol. The van der Waals surface area contributed by atoms with Crippen molar-refractivity contribution in [3.63, 3.8) is 0 Å². The van der Waals surface area contributed by atoms with E-state index in [0.717, 1.165) is 5.56 Å². The Kier molecular flexibility index (Phi) is 2.56. The standard InChI is InChI=1S/C12H10N4OS/c17-11-9-6-13-15-10(9)14-12(18)16(11)7-8-4-2-1-3-5-8/h1-6H,7H2,(H2,13,14,15,18). The summed E-state index contributed by atoms with van der Waals surface area (Å²) in [5, 5.41) is 7.06. The molecule has 0 unspecified atom stereocenters. The summed E-state index contributed by atoms with van der Waals surface area (Å²) >= 11 is 5.19. The number of rotatable bonds is 2. The molecule has 0 fully saturated rings. The van der Waals surface area contributed by atoms with Gasteiger partial charge < -0.3 is 4.98 Å². The third-order valence-corrected chi connectivity index (χ3v) is 3.10. The molecular formula is C12H10N4OS. The van der Waals surface area contributed by atoms with Gasteiger partial charge in [0, 0.05) is 0 Å². The van der Waals surface area contributed by atoms with Crippen LogP contribution in [0.15, 0.2) is 41.3 Å². The van der Waals surface area contributed by atoms with Gasteiger partial charge in [-0.25, -0.2) is 0 Å². The van der Waals surface area contributed by atoms with Gasteiger partial charge >= 0.3 is 0 Å². The van der Waals surface area contributed by atoms with Gasteiger partial charge in [0.1, 0.15) is 11.0 Å². The van der Waals surface area contributed by atoms with Crippen LogP contribution in [-0.4, -0.2) is 19.7 Å². The van der Waals surface area contributed by atoms with Gasteiger partial charge in [-0.3, -0.25) is 14.5 Å². The zero-order chi connectivity index (χ0) is 12.5. The van der Waals surface area contributed by atoms with Crippen LogP contribution in [-0.2, 0) is 6.54 Å². The van der Waals surface area contributed by atoms with Crippen LogP contribution in [0.25, 0.3) is 11.0 Å². The molecule has 0 bridgehead atoms. The lowest BCUT2D eigenvalue weighted by Gasteiger charge is -2.05. The van der Waals surface area contributed by atoms with E-state index in [-0.39, 0.29) is 5.56 Å². The molecule has 0 amide bonds. The molecule has 18 heavy (non-hydrogen) atoms. The molecule has 6 heteroatoms. The maximum atomic E-state index is 12.2. The molecule has 3 aromatic rings. The molecule has 0 saturated heterocycles. The second-order valence-electron chi connectivity index (χ2n) is 3.97. The van der Waals surface area contributed by atoms with Crippen LogP contribution in [0.3, 0.4) is 0 Å². The SMILES string of the molecule is O=c1c2cn[nH]c2[nH]c(=S)n1Cc1ccccc1. The average molecular weight is 258 g/mol. The number of aromatic amines is 2. The first-order chi connectivity index (χ1) is 8.75. The number of hydrogen-bond donors (Lipinski definition) is 2. The molecule has 3 rings (SSSR count). The van der Waals surface area contributed by atoms with E-state index in [1.165, 1.54) is 10.8 Å². The van der Waals surface area contributed by atoms with E-state index >= 15 is 0 Å². The van der Waals surface area contributed by atoms with Crippen LogP contribution in [0.1, 0.15) is 5.56 Å². The first-order valence-electron chi connectivity index (χ1n) is 5.46. The van der Waals surface area contributed by atoms with Gasteiger partial charge in [-0.05, 0) is 17.8 Å². The van der Waals surface area contributed by atoms with E-state index < -0.39 is 0 Å². The molecule has 2 N–H and O–H groups in total. The highest BCUT2D eigenvalue weighted by Gasteiger charge is 2.07. The van der Waals surface area contributed by atoms with Gasteiger partial charge in [0.05, 0.1) is 12.7 Å². The molecule has 1 aromatic carbocycles. The minimum absolute atomic E-state index is 0.133. The molecule has 0 aliphatic carbocycles. The normalized spacial score (nSPS) is 10.9. The van der Waals surface area contributed by atoms with Gasteiger partial charge in [0.15, 0.2) is 4.77 Å². The summed E-state index contributed by atoms with van der Waals surface area (Å²) in [7, 11) is 0. The quantitative estimate of drug-likeness (QED) is 0.689. The lowest BCUT2D eigenvalue weighted by Crippen LogP contribution is -2.22. The number of fused-ring (bicyclic) bond motifs is 1.